The molecule has 3 aliphatic rings. The zero-order chi connectivity index (χ0) is 38.8. The smallest absolute Gasteiger partial charge is 0.207 e. The van der Waals surface area contributed by atoms with Gasteiger partial charge >= 0.3 is 0 Å². The van der Waals surface area contributed by atoms with Crippen LogP contribution in [0, 0.1) is 18.6 Å². The predicted octanol–water partition coefficient (Wildman–Crippen LogP) is 12.2. The van der Waals surface area contributed by atoms with Crippen molar-refractivity contribution in [2.45, 2.75) is 123 Å². The fourth-order valence-corrected chi connectivity index (χ4v) is 11.5. The molecule has 0 amide bonds. The monoisotopic (exact) mass is 732 g/mol. The van der Waals surface area contributed by atoms with Gasteiger partial charge in [0.1, 0.15) is 11.6 Å². The van der Waals surface area contributed by atoms with Crippen LogP contribution in [0.1, 0.15) is 120 Å². The SMILES string of the molecule is CCCCc1ccc2c3c4[n+](ccc13)C(C=CC[n+]1ccc3cccc5c3c1-c1c(C)ccc(F)c1C5(C)C)(CC)C(C)(CC)c1ccc(F)c(c1-4)C2(C)C. The molecule has 2 aliphatic carbocycles. The number of allylic oxidation sites excluding steroid dienone is 2. The van der Waals surface area contributed by atoms with E-state index in [4.69, 9.17) is 0 Å². The van der Waals surface area contributed by atoms with E-state index in [2.05, 4.69) is 145 Å². The molecule has 280 valence electrons. The maximum absolute atomic E-state index is 16.4. The van der Waals surface area contributed by atoms with E-state index in [0.717, 1.165) is 76.9 Å². The van der Waals surface area contributed by atoms with Crippen molar-refractivity contribution in [2.24, 2.45) is 0 Å². The molecule has 6 aromatic rings. The van der Waals surface area contributed by atoms with Gasteiger partial charge in [-0.05, 0) is 96.0 Å². The molecule has 55 heavy (non-hydrogen) atoms. The van der Waals surface area contributed by atoms with Crippen LogP contribution >= 0.6 is 0 Å². The number of nitrogens with zero attached hydrogens (tertiary/aromatic N) is 2. The Morgan fingerprint density at radius 3 is 2.07 bits per heavy atom. The van der Waals surface area contributed by atoms with E-state index in [1.165, 1.54) is 38.2 Å². The molecule has 0 bridgehead atoms. The van der Waals surface area contributed by atoms with Crippen LogP contribution in [-0.4, -0.2) is 0 Å². The van der Waals surface area contributed by atoms with Crippen molar-refractivity contribution in [1.29, 1.82) is 0 Å². The number of aryl methyl sites for hydroxylation is 2. The van der Waals surface area contributed by atoms with Gasteiger partial charge in [-0.2, -0.15) is 9.13 Å². The Labute approximate surface area is 325 Å². The molecule has 9 rings (SSSR count). The maximum Gasteiger partial charge on any atom is 0.222 e. The number of benzene rings is 4. The maximum atomic E-state index is 16.4. The molecule has 2 nitrogen and oxygen atoms in total. The first-order valence-electron chi connectivity index (χ1n) is 20.6. The first-order chi connectivity index (χ1) is 26.3. The number of halogens is 2. The Hall–Kier alpha value is -4.70. The molecular formula is C51H54F2N2+2. The summed E-state index contributed by atoms with van der Waals surface area (Å²) >= 11 is 0. The summed E-state index contributed by atoms with van der Waals surface area (Å²) in [7, 11) is 0. The highest BCUT2D eigenvalue weighted by Crippen LogP contribution is 2.58. The highest BCUT2D eigenvalue weighted by Gasteiger charge is 2.61. The molecular weight excluding hydrogens is 679 g/mol. The highest BCUT2D eigenvalue weighted by molar-refractivity contribution is 6.03. The largest absolute Gasteiger partial charge is 0.222 e. The standard InChI is InChI=1S/C51H54F2N2/c1-10-13-16-32-20-21-36-42-34(32)26-30-55-47(42)43-37(22-24-39(53)45(43)49(36,7)8)50(9,11-2)51(55,12-3)27-15-28-54-29-25-33-17-14-18-35-41(33)46(54)40-31(4)19-23-38(52)44(40)48(35,5)6/h14-15,17-27,29-30H,10-13,16,28H2,1-9H3/q+2. The van der Waals surface area contributed by atoms with Gasteiger partial charge in [0.05, 0.1) is 27.3 Å². The number of rotatable bonds is 8. The number of hydrogen-bond acceptors (Lipinski definition) is 0. The first kappa shape index (κ1) is 36.0. The predicted molar refractivity (Wildman–Crippen MR) is 222 cm³/mol. The molecule has 4 aromatic carbocycles. The van der Waals surface area contributed by atoms with Gasteiger partial charge in [0, 0.05) is 40.5 Å². The van der Waals surface area contributed by atoms with E-state index in [1.54, 1.807) is 12.1 Å². The summed E-state index contributed by atoms with van der Waals surface area (Å²) in [6.45, 7) is 20.7. The van der Waals surface area contributed by atoms with E-state index in [9.17, 15) is 0 Å². The number of pyridine rings is 2. The first-order valence-corrected chi connectivity index (χ1v) is 20.6. The Morgan fingerprint density at radius 1 is 0.673 bits per heavy atom. The molecule has 0 fully saturated rings. The third-order valence-corrected chi connectivity index (χ3v) is 14.6. The van der Waals surface area contributed by atoms with Crippen molar-refractivity contribution in [1.82, 2.24) is 0 Å². The lowest BCUT2D eigenvalue weighted by atomic mass is 9.56. The number of hydrogen-bond donors (Lipinski definition) is 0. The Balaban J connectivity index is 1.29. The molecule has 0 N–H and O–H groups in total. The van der Waals surface area contributed by atoms with Crippen LogP contribution in [0.25, 0.3) is 44.1 Å². The minimum atomic E-state index is -0.491. The van der Waals surface area contributed by atoms with E-state index < -0.39 is 16.4 Å². The second-order valence-electron chi connectivity index (χ2n) is 17.9. The minimum absolute atomic E-state index is 0.123. The van der Waals surface area contributed by atoms with Gasteiger partial charge in [-0.1, -0.05) is 97.4 Å². The fourth-order valence-electron chi connectivity index (χ4n) is 11.5. The lowest BCUT2D eigenvalue weighted by Gasteiger charge is -2.49. The van der Waals surface area contributed by atoms with Crippen LogP contribution in [0.5, 0.6) is 0 Å². The molecule has 0 spiro atoms. The number of aromatic nitrogens is 2. The van der Waals surface area contributed by atoms with Crippen molar-refractivity contribution < 1.29 is 17.9 Å². The average molecular weight is 733 g/mol. The van der Waals surface area contributed by atoms with Gasteiger partial charge in [-0.25, -0.2) is 8.78 Å². The summed E-state index contributed by atoms with van der Waals surface area (Å²) in [5, 5.41) is 4.96. The third-order valence-electron chi connectivity index (χ3n) is 14.6. The summed E-state index contributed by atoms with van der Waals surface area (Å²) in [6.07, 6.45) is 14.4. The third kappa shape index (κ3) is 4.51. The normalized spacial score (nSPS) is 21.1. The lowest BCUT2D eigenvalue weighted by Crippen LogP contribution is -2.68. The van der Waals surface area contributed by atoms with Crippen LogP contribution in [0.3, 0.4) is 0 Å². The van der Waals surface area contributed by atoms with Crippen molar-refractivity contribution in [2.75, 3.05) is 0 Å². The molecule has 2 unspecified atom stereocenters. The van der Waals surface area contributed by atoms with Crippen LogP contribution < -0.4 is 9.13 Å². The Morgan fingerprint density at radius 2 is 1.36 bits per heavy atom. The topological polar surface area (TPSA) is 7.76 Å². The van der Waals surface area contributed by atoms with Gasteiger partial charge in [0.25, 0.3) is 0 Å². The average Bonchev–Trinajstić information content (AvgIpc) is 3.17. The molecule has 0 radical (unpaired) electrons. The summed E-state index contributed by atoms with van der Waals surface area (Å²) < 4.78 is 37.3. The van der Waals surface area contributed by atoms with Gasteiger partial charge < -0.3 is 0 Å². The van der Waals surface area contributed by atoms with Crippen LogP contribution in [-0.2, 0) is 34.7 Å². The Kier molecular flexibility index (Phi) is 7.94. The molecule has 0 saturated carbocycles. The molecule has 4 heteroatoms. The highest BCUT2D eigenvalue weighted by atomic mass is 19.1. The zero-order valence-corrected chi connectivity index (χ0v) is 34.1. The lowest BCUT2D eigenvalue weighted by molar-refractivity contribution is -0.755. The van der Waals surface area contributed by atoms with Crippen LogP contribution in [0.4, 0.5) is 8.78 Å². The van der Waals surface area contributed by atoms with E-state index in [0.29, 0.717) is 6.54 Å². The summed E-state index contributed by atoms with van der Waals surface area (Å²) in [5.74, 6) is -0.274. The van der Waals surface area contributed by atoms with E-state index in [1.807, 2.05) is 6.07 Å². The van der Waals surface area contributed by atoms with Crippen molar-refractivity contribution >= 4 is 21.5 Å². The van der Waals surface area contributed by atoms with Gasteiger partial charge in [-0.15, -0.1) is 0 Å². The quantitative estimate of drug-likeness (QED) is 0.109. The fraction of sp³-hybridized carbons (Fsp3) is 0.373. The van der Waals surface area contributed by atoms with Crippen molar-refractivity contribution in [3.63, 3.8) is 0 Å². The van der Waals surface area contributed by atoms with Gasteiger partial charge in [-0.3, -0.25) is 0 Å². The zero-order valence-electron chi connectivity index (χ0n) is 34.1. The molecule has 2 atom stereocenters. The Bertz CT molecular complexity index is 2650. The van der Waals surface area contributed by atoms with Crippen molar-refractivity contribution in [3.8, 4) is 22.5 Å². The van der Waals surface area contributed by atoms with Crippen LogP contribution in [0.2, 0.25) is 0 Å². The van der Waals surface area contributed by atoms with Crippen LogP contribution in [0.15, 0.2) is 91.3 Å². The second kappa shape index (κ2) is 12.1. The number of fused-ring (bicyclic) bond motifs is 2. The molecule has 0 saturated heterocycles. The van der Waals surface area contributed by atoms with Crippen molar-refractivity contribution in [3.05, 3.63) is 142 Å². The molecule has 3 heterocycles. The minimum Gasteiger partial charge on any atom is -0.207 e. The summed E-state index contributed by atoms with van der Waals surface area (Å²) in [4.78, 5) is 0. The van der Waals surface area contributed by atoms with E-state index in [-0.39, 0.29) is 17.0 Å². The summed E-state index contributed by atoms with van der Waals surface area (Å²) in [6, 6.07) is 23.0. The second-order valence-corrected chi connectivity index (χ2v) is 17.9. The number of unbranched alkanes of at least 4 members (excludes halogenated alkanes) is 1. The van der Waals surface area contributed by atoms with Gasteiger partial charge in [0.2, 0.25) is 11.4 Å². The van der Waals surface area contributed by atoms with Gasteiger partial charge in [0.15, 0.2) is 24.5 Å². The van der Waals surface area contributed by atoms with E-state index >= 15 is 8.78 Å². The molecule has 2 aromatic heterocycles. The summed E-state index contributed by atoms with van der Waals surface area (Å²) in [5.41, 5.74) is 10.3. The molecule has 1 aliphatic heterocycles.